The van der Waals surface area contributed by atoms with Gasteiger partial charge in [-0.3, -0.25) is 4.90 Å². The van der Waals surface area contributed by atoms with Crippen LogP contribution in [0.1, 0.15) is 59.3 Å². The number of para-hydroxylation sites is 1. The second-order valence-corrected chi connectivity index (χ2v) is 10.3. The zero-order valence-electron chi connectivity index (χ0n) is 19.5. The van der Waals surface area contributed by atoms with E-state index >= 15 is 0 Å². The van der Waals surface area contributed by atoms with Crippen molar-refractivity contribution >= 4 is 17.4 Å². The molecule has 2 amide bonds. The van der Waals surface area contributed by atoms with Gasteiger partial charge in [0.1, 0.15) is 11.5 Å². The average Bonchev–Trinajstić information content (AvgIpc) is 3.32. The number of carbonyl (C=O) groups is 1. The lowest BCUT2D eigenvalue weighted by molar-refractivity contribution is 0.0832. The normalized spacial score (nSPS) is 22.9. The van der Waals surface area contributed by atoms with Crippen LogP contribution in [-0.4, -0.2) is 61.1 Å². The van der Waals surface area contributed by atoms with E-state index in [4.69, 9.17) is 0 Å². The van der Waals surface area contributed by atoms with E-state index in [-0.39, 0.29) is 11.8 Å². The van der Waals surface area contributed by atoms with Crippen molar-refractivity contribution in [2.24, 2.45) is 11.3 Å². The molecule has 0 unspecified atom stereocenters. The third kappa shape index (κ3) is 4.84. The number of hydrogen-bond acceptors (Lipinski definition) is 3. The number of urea groups is 1. The summed E-state index contributed by atoms with van der Waals surface area (Å²) in [5, 5.41) is 2.93. The van der Waals surface area contributed by atoms with Gasteiger partial charge in [-0.1, -0.05) is 25.8 Å². The Labute approximate surface area is 187 Å². The van der Waals surface area contributed by atoms with Crippen LogP contribution in [0.15, 0.2) is 18.2 Å². The van der Waals surface area contributed by atoms with Crippen molar-refractivity contribution in [3.63, 3.8) is 0 Å². The Morgan fingerprint density at radius 3 is 2.32 bits per heavy atom. The third-order valence-corrected chi connectivity index (χ3v) is 8.14. The first-order valence-electron chi connectivity index (χ1n) is 12.2. The first-order chi connectivity index (χ1) is 14.9. The predicted octanol–water partition coefficient (Wildman–Crippen LogP) is 5.18. The van der Waals surface area contributed by atoms with Crippen molar-refractivity contribution in [1.82, 2.24) is 9.80 Å². The molecule has 3 aliphatic rings. The molecular weight excluding hydrogens is 391 g/mol. The molecule has 0 bridgehead atoms. The van der Waals surface area contributed by atoms with Gasteiger partial charge in [-0.25, -0.2) is 9.18 Å². The Morgan fingerprint density at radius 2 is 1.71 bits per heavy atom. The van der Waals surface area contributed by atoms with Crippen molar-refractivity contribution < 1.29 is 9.18 Å². The molecular formula is C25H39FN4O. The zero-order chi connectivity index (χ0) is 22.0. The van der Waals surface area contributed by atoms with Gasteiger partial charge in [0.05, 0.1) is 5.69 Å². The van der Waals surface area contributed by atoms with E-state index in [0.29, 0.717) is 17.1 Å². The molecule has 0 aromatic heterocycles. The molecule has 2 saturated heterocycles. The van der Waals surface area contributed by atoms with Gasteiger partial charge in [-0.05, 0) is 63.0 Å². The Kier molecular flexibility index (Phi) is 6.75. The number of carbonyl (C=O) groups excluding carboxylic acids is 1. The highest BCUT2D eigenvalue weighted by molar-refractivity contribution is 5.93. The molecule has 0 spiro atoms. The van der Waals surface area contributed by atoms with Crippen LogP contribution in [0.2, 0.25) is 0 Å². The number of nitrogens with zero attached hydrogens (tertiary/aromatic N) is 3. The Morgan fingerprint density at radius 1 is 1.06 bits per heavy atom. The fourth-order valence-corrected chi connectivity index (χ4v) is 5.82. The van der Waals surface area contributed by atoms with Crippen LogP contribution in [0, 0.1) is 17.2 Å². The summed E-state index contributed by atoms with van der Waals surface area (Å²) in [6, 6.07) is 5.46. The third-order valence-electron chi connectivity index (χ3n) is 8.14. The smallest absolute Gasteiger partial charge is 0.321 e. The molecule has 5 nitrogen and oxygen atoms in total. The lowest BCUT2D eigenvalue weighted by Gasteiger charge is -2.43. The Bertz CT molecular complexity index is 761. The van der Waals surface area contributed by atoms with Gasteiger partial charge in [-0.2, -0.15) is 0 Å². The van der Waals surface area contributed by atoms with Crippen LogP contribution in [0.25, 0.3) is 0 Å². The van der Waals surface area contributed by atoms with Gasteiger partial charge in [0.15, 0.2) is 0 Å². The van der Waals surface area contributed by atoms with Crippen molar-refractivity contribution in [3.8, 4) is 0 Å². The molecule has 2 heterocycles. The molecule has 1 aromatic rings. The van der Waals surface area contributed by atoms with Crippen LogP contribution < -0.4 is 10.2 Å². The van der Waals surface area contributed by atoms with Crippen LogP contribution in [0.4, 0.5) is 20.6 Å². The quantitative estimate of drug-likeness (QED) is 0.715. The second kappa shape index (κ2) is 9.35. The van der Waals surface area contributed by atoms with Crippen LogP contribution in [0.3, 0.4) is 0 Å². The molecule has 0 radical (unpaired) electrons. The highest BCUT2D eigenvalue weighted by Gasteiger charge is 2.39. The molecule has 1 saturated carbocycles. The number of rotatable bonds is 4. The van der Waals surface area contributed by atoms with Gasteiger partial charge in [0, 0.05) is 45.3 Å². The van der Waals surface area contributed by atoms with Gasteiger partial charge in [0.2, 0.25) is 0 Å². The summed E-state index contributed by atoms with van der Waals surface area (Å²) >= 11 is 0. The van der Waals surface area contributed by atoms with Crippen molar-refractivity contribution in [1.29, 1.82) is 0 Å². The molecule has 3 fully saturated rings. The number of likely N-dealkylation sites (tertiary alicyclic amines) is 1. The molecule has 0 atom stereocenters. The Balaban J connectivity index is 1.40. The molecule has 1 N–H and O–H groups in total. The zero-order valence-corrected chi connectivity index (χ0v) is 19.5. The first-order valence-corrected chi connectivity index (χ1v) is 12.2. The summed E-state index contributed by atoms with van der Waals surface area (Å²) in [5.41, 5.74) is 1.48. The maximum Gasteiger partial charge on any atom is 0.321 e. The number of amides is 2. The number of anilines is 2. The highest BCUT2D eigenvalue weighted by Crippen LogP contribution is 2.46. The topological polar surface area (TPSA) is 38.8 Å². The SMILES string of the molecule is CC(C)N1CCN(c2cccc(F)c2NC(=O)N2CCC(C)(C3CCCC3)CC2)CC1. The van der Waals surface area contributed by atoms with Crippen molar-refractivity contribution in [2.75, 3.05) is 49.5 Å². The predicted molar refractivity (Wildman–Crippen MR) is 125 cm³/mol. The van der Waals surface area contributed by atoms with Crippen LogP contribution >= 0.6 is 0 Å². The van der Waals surface area contributed by atoms with Crippen molar-refractivity contribution in [3.05, 3.63) is 24.0 Å². The van der Waals surface area contributed by atoms with E-state index in [1.54, 1.807) is 6.07 Å². The fraction of sp³-hybridized carbons (Fsp3) is 0.720. The lowest BCUT2D eigenvalue weighted by Crippen LogP contribution is -2.49. The minimum atomic E-state index is -0.357. The van der Waals surface area contributed by atoms with E-state index in [0.717, 1.165) is 63.7 Å². The maximum atomic E-state index is 14.8. The maximum absolute atomic E-state index is 14.8. The van der Waals surface area contributed by atoms with Crippen LogP contribution in [-0.2, 0) is 0 Å². The van der Waals surface area contributed by atoms with E-state index < -0.39 is 0 Å². The van der Waals surface area contributed by atoms with Gasteiger partial charge in [-0.15, -0.1) is 0 Å². The number of halogens is 1. The van der Waals surface area contributed by atoms with Crippen LogP contribution in [0.5, 0.6) is 0 Å². The van der Waals surface area contributed by atoms with Gasteiger partial charge < -0.3 is 15.1 Å². The highest BCUT2D eigenvalue weighted by atomic mass is 19.1. The fourth-order valence-electron chi connectivity index (χ4n) is 5.82. The number of hydrogen-bond donors (Lipinski definition) is 1. The summed E-state index contributed by atoms with van der Waals surface area (Å²) in [6.07, 6.45) is 7.48. The minimum absolute atomic E-state index is 0.166. The molecule has 6 heteroatoms. The second-order valence-electron chi connectivity index (χ2n) is 10.3. The monoisotopic (exact) mass is 430 g/mol. The standard InChI is InChI=1S/C25H39FN4O/c1-19(2)28-15-17-29(18-16-28)22-10-6-9-21(26)23(22)27-24(31)30-13-11-25(3,12-14-30)20-7-4-5-8-20/h6,9-10,19-20H,4-5,7-8,11-18H2,1-3H3,(H,27,31). The Hall–Kier alpha value is -1.82. The first kappa shape index (κ1) is 22.4. The van der Waals surface area contributed by atoms with E-state index in [2.05, 4.69) is 35.9 Å². The summed E-state index contributed by atoms with van der Waals surface area (Å²) in [5.74, 6) is 0.449. The average molecular weight is 431 g/mol. The molecule has 4 rings (SSSR count). The summed E-state index contributed by atoms with van der Waals surface area (Å²) in [4.78, 5) is 19.6. The number of piperidine rings is 1. The van der Waals surface area contributed by atoms with Gasteiger partial charge in [0.25, 0.3) is 0 Å². The van der Waals surface area contributed by atoms with Crippen molar-refractivity contribution in [2.45, 2.75) is 65.3 Å². The molecule has 172 valence electrons. The number of benzene rings is 1. The summed E-state index contributed by atoms with van der Waals surface area (Å²) in [7, 11) is 0. The molecule has 31 heavy (non-hydrogen) atoms. The number of nitrogens with one attached hydrogen (secondary N) is 1. The minimum Gasteiger partial charge on any atom is -0.367 e. The van der Waals surface area contributed by atoms with E-state index in [1.807, 2.05) is 11.0 Å². The van der Waals surface area contributed by atoms with E-state index in [1.165, 1.54) is 31.7 Å². The summed E-state index contributed by atoms with van der Waals surface area (Å²) < 4.78 is 14.8. The largest absolute Gasteiger partial charge is 0.367 e. The van der Waals surface area contributed by atoms with Gasteiger partial charge >= 0.3 is 6.03 Å². The van der Waals surface area contributed by atoms with E-state index in [9.17, 15) is 9.18 Å². The number of piperazine rings is 1. The lowest BCUT2D eigenvalue weighted by atomic mass is 9.69. The molecule has 1 aliphatic carbocycles. The molecule has 1 aromatic carbocycles. The summed E-state index contributed by atoms with van der Waals surface area (Å²) in [6.45, 7) is 11.9. The molecule has 2 aliphatic heterocycles.